The maximum atomic E-state index is 12.6. The Bertz CT molecular complexity index is 578. The van der Waals surface area contributed by atoms with Gasteiger partial charge in [0.1, 0.15) is 10.6 Å². The van der Waals surface area contributed by atoms with E-state index >= 15 is 0 Å². The number of rotatable bonds is 6. The fourth-order valence-electron chi connectivity index (χ4n) is 1.86. The van der Waals surface area contributed by atoms with Crippen molar-refractivity contribution in [2.24, 2.45) is 0 Å². The van der Waals surface area contributed by atoms with Gasteiger partial charge >= 0.3 is 0 Å². The van der Waals surface area contributed by atoms with Crippen molar-refractivity contribution in [3.8, 4) is 0 Å². The Labute approximate surface area is 124 Å². The molecule has 0 aliphatic rings. The van der Waals surface area contributed by atoms with Crippen molar-refractivity contribution in [2.45, 2.75) is 39.7 Å². The second kappa shape index (κ2) is 6.38. The third-order valence-electron chi connectivity index (χ3n) is 2.69. The first-order valence-corrected chi connectivity index (χ1v) is 7.82. The van der Waals surface area contributed by atoms with E-state index in [1.807, 2.05) is 0 Å². The maximum absolute atomic E-state index is 12.6. The summed E-state index contributed by atoms with van der Waals surface area (Å²) in [5.41, 5.74) is 1.37. The first-order valence-electron chi connectivity index (χ1n) is 6.26. The molecule has 2 heterocycles. The third kappa shape index (κ3) is 2.92. The van der Waals surface area contributed by atoms with E-state index in [0.717, 1.165) is 47.5 Å². The van der Waals surface area contributed by atoms with Gasteiger partial charge in [-0.25, -0.2) is 0 Å². The minimum Gasteiger partial charge on any atom is -0.286 e. The highest BCUT2D eigenvalue weighted by atomic mass is 79.9. The molecule has 0 spiro atoms. The molecule has 2 rings (SSSR count). The van der Waals surface area contributed by atoms with Crippen molar-refractivity contribution >= 4 is 33.2 Å². The van der Waals surface area contributed by atoms with Crippen molar-refractivity contribution in [3.05, 3.63) is 26.9 Å². The molecular weight excluding hydrogens is 328 g/mol. The van der Waals surface area contributed by atoms with Crippen molar-refractivity contribution in [2.75, 3.05) is 0 Å². The Morgan fingerprint density at radius 1 is 1.42 bits per heavy atom. The second-order valence-corrected chi connectivity index (χ2v) is 5.80. The minimum absolute atomic E-state index is 0.0451. The van der Waals surface area contributed by atoms with Gasteiger partial charge < -0.3 is 0 Å². The molecule has 7 heteroatoms. The molecule has 5 nitrogen and oxygen atoms in total. The van der Waals surface area contributed by atoms with Crippen LogP contribution in [0.25, 0.3) is 0 Å². The number of hydrogen-bond donors (Lipinski definition) is 0. The summed E-state index contributed by atoms with van der Waals surface area (Å²) in [4.78, 5) is 13.2. The predicted octanol–water partition coefficient (Wildman–Crippen LogP) is 3.09. The van der Waals surface area contributed by atoms with Crippen LogP contribution in [0.2, 0.25) is 0 Å². The van der Waals surface area contributed by atoms with Crippen LogP contribution < -0.4 is 0 Å². The molecule has 0 saturated carbocycles. The van der Waals surface area contributed by atoms with Crippen LogP contribution in [-0.2, 0) is 13.0 Å². The lowest BCUT2D eigenvalue weighted by atomic mass is 10.1. The Balaban J connectivity index is 2.38. The summed E-state index contributed by atoms with van der Waals surface area (Å²) in [7, 11) is 0. The van der Waals surface area contributed by atoms with Crippen molar-refractivity contribution in [1.29, 1.82) is 0 Å². The lowest BCUT2D eigenvalue weighted by Gasteiger charge is -2.05. The van der Waals surface area contributed by atoms with Gasteiger partial charge in [-0.1, -0.05) is 24.8 Å². The van der Waals surface area contributed by atoms with Gasteiger partial charge in [0.15, 0.2) is 0 Å². The summed E-state index contributed by atoms with van der Waals surface area (Å²) in [6, 6.07) is 0. The fraction of sp³-hybridized carbons (Fsp3) is 0.500. The molecule has 0 bridgehead atoms. The molecular formula is C12H15BrN4OS. The topological polar surface area (TPSA) is 60.7 Å². The number of halogens is 1. The number of carbonyl (C=O) groups is 1. The van der Waals surface area contributed by atoms with E-state index in [9.17, 15) is 4.79 Å². The highest BCUT2D eigenvalue weighted by molar-refractivity contribution is 9.10. The zero-order valence-electron chi connectivity index (χ0n) is 10.9. The first kappa shape index (κ1) is 14.3. The van der Waals surface area contributed by atoms with Gasteiger partial charge in [-0.3, -0.25) is 9.48 Å². The van der Waals surface area contributed by atoms with E-state index in [1.54, 1.807) is 10.9 Å². The van der Waals surface area contributed by atoms with Gasteiger partial charge in [0, 0.05) is 6.54 Å². The van der Waals surface area contributed by atoms with Gasteiger partial charge in [0.05, 0.1) is 16.4 Å². The van der Waals surface area contributed by atoms with E-state index in [-0.39, 0.29) is 5.78 Å². The third-order valence-corrected chi connectivity index (χ3v) is 4.04. The molecule has 19 heavy (non-hydrogen) atoms. The lowest BCUT2D eigenvalue weighted by Crippen LogP contribution is -2.12. The first-order chi connectivity index (χ1) is 9.19. The van der Waals surface area contributed by atoms with Crippen LogP contribution in [0.5, 0.6) is 0 Å². The van der Waals surface area contributed by atoms with E-state index in [4.69, 9.17) is 0 Å². The smallest absolute Gasteiger partial charge is 0.225 e. The van der Waals surface area contributed by atoms with Crippen molar-refractivity contribution in [1.82, 2.24) is 19.4 Å². The number of carbonyl (C=O) groups excluding carboxylic acids is 1. The van der Waals surface area contributed by atoms with Crippen LogP contribution in [0, 0.1) is 0 Å². The Morgan fingerprint density at radius 3 is 2.89 bits per heavy atom. The summed E-state index contributed by atoms with van der Waals surface area (Å²) in [5, 5.41) is 8.27. The molecule has 0 unspecified atom stereocenters. The number of aromatic nitrogens is 4. The Kier molecular flexibility index (Phi) is 4.81. The molecule has 0 aromatic carbocycles. The van der Waals surface area contributed by atoms with Gasteiger partial charge in [-0.15, -0.1) is 5.10 Å². The van der Waals surface area contributed by atoms with E-state index < -0.39 is 0 Å². The van der Waals surface area contributed by atoms with Crippen molar-refractivity contribution in [3.63, 3.8) is 0 Å². The fourth-order valence-corrected chi connectivity index (χ4v) is 2.98. The van der Waals surface area contributed by atoms with Gasteiger partial charge in [-0.05, 0) is 40.3 Å². The Hall–Kier alpha value is -1.08. The van der Waals surface area contributed by atoms with Crippen LogP contribution in [0.15, 0.2) is 10.7 Å². The Morgan fingerprint density at radius 2 is 2.21 bits per heavy atom. The molecule has 0 saturated heterocycles. The molecule has 0 N–H and O–H groups in total. The van der Waals surface area contributed by atoms with Gasteiger partial charge in [0.25, 0.3) is 0 Å². The largest absolute Gasteiger partial charge is 0.286 e. The predicted molar refractivity (Wildman–Crippen MR) is 77.6 cm³/mol. The molecule has 0 amide bonds. The van der Waals surface area contributed by atoms with Crippen LogP contribution in [0.4, 0.5) is 0 Å². The molecule has 2 aromatic rings. The van der Waals surface area contributed by atoms with Crippen LogP contribution in [0.1, 0.15) is 47.7 Å². The van der Waals surface area contributed by atoms with Crippen LogP contribution in [0.3, 0.4) is 0 Å². The summed E-state index contributed by atoms with van der Waals surface area (Å²) in [5.74, 6) is -0.0451. The normalized spacial score (nSPS) is 10.9. The molecule has 0 aliphatic carbocycles. The lowest BCUT2D eigenvalue weighted by molar-refractivity contribution is 0.103. The number of nitrogens with zero attached hydrogens (tertiary/aromatic N) is 4. The van der Waals surface area contributed by atoms with Gasteiger partial charge in [-0.2, -0.15) is 5.10 Å². The monoisotopic (exact) mass is 342 g/mol. The summed E-state index contributed by atoms with van der Waals surface area (Å²) < 4.78 is 6.36. The zero-order valence-corrected chi connectivity index (χ0v) is 13.3. The highest BCUT2D eigenvalue weighted by Gasteiger charge is 2.23. The SMILES string of the molecule is CCCc1nnsc1C(=O)c1c(Br)cnn1CCC. The molecule has 0 fully saturated rings. The number of hydrogen-bond acceptors (Lipinski definition) is 5. The number of ketones is 1. The van der Waals surface area contributed by atoms with Crippen LogP contribution in [-0.4, -0.2) is 25.2 Å². The van der Waals surface area contributed by atoms with Crippen molar-refractivity contribution < 1.29 is 4.79 Å². The highest BCUT2D eigenvalue weighted by Crippen LogP contribution is 2.23. The zero-order chi connectivity index (χ0) is 13.8. The molecule has 0 atom stereocenters. The van der Waals surface area contributed by atoms with E-state index in [1.165, 1.54) is 0 Å². The molecule has 0 aliphatic heterocycles. The molecule has 2 aromatic heterocycles. The summed E-state index contributed by atoms with van der Waals surface area (Å²) in [6.07, 6.45) is 4.31. The average Bonchev–Trinajstić information content (AvgIpc) is 2.97. The standard InChI is InChI=1S/C12H15BrN4OS/c1-3-5-9-12(19-16-15-9)11(18)10-8(13)7-14-17(10)6-4-2/h7H,3-6H2,1-2H3. The summed E-state index contributed by atoms with van der Waals surface area (Å²) in [6.45, 7) is 4.84. The quantitative estimate of drug-likeness (QED) is 0.756. The van der Waals surface area contributed by atoms with Gasteiger partial charge in [0.2, 0.25) is 5.78 Å². The average molecular weight is 343 g/mol. The van der Waals surface area contributed by atoms with Crippen LogP contribution >= 0.6 is 27.5 Å². The molecule has 0 radical (unpaired) electrons. The van der Waals surface area contributed by atoms with E-state index in [2.05, 4.69) is 44.5 Å². The van der Waals surface area contributed by atoms with E-state index in [0.29, 0.717) is 10.6 Å². The maximum Gasteiger partial charge on any atom is 0.225 e. The molecule has 102 valence electrons. The second-order valence-electron chi connectivity index (χ2n) is 4.19. The summed E-state index contributed by atoms with van der Waals surface area (Å²) >= 11 is 4.56. The minimum atomic E-state index is -0.0451. The number of aryl methyl sites for hydroxylation is 2.